The molecule has 2 amide bonds. The first-order valence-electron chi connectivity index (χ1n) is 16.2. The third kappa shape index (κ3) is 6.60. The van der Waals surface area contributed by atoms with E-state index in [2.05, 4.69) is 32.9 Å². The van der Waals surface area contributed by atoms with Gasteiger partial charge in [0, 0.05) is 67.2 Å². The summed E-state index contributed by atoms with van der Waals surface area (Å²) in [7, 11) is 1.73. The third-order valence-corrected chi connectivity index (χ3v) is 8.94. The molecule has 1 saturated heterocycles. The predicted octanol–water partition coefficient (Wildman–Crippen LogP) is 6.17. The van der Waals surface area contributed by atoms with Crippen LogP contribution in [-0.2, 0) is 18.3 Å². The number of imidazole rings is 1. The van der Waals surface area contributed by atoms with Gasteiger partial charge in [0.2, 0.25) is 11.7 Å². The summed E-state index contributed by atoms with van der Waals surface area (Å²) in [6.07, 6.45) is 5.01. The van der Waals surface area contributed by atoms with Crippen LogP contribution in [-0.4, -0.2) is 62.4 Å². The number of benzene rings is 3. The summed E-state index contributed by atoms with van der Waals surface area (Å²) >= 11 is 0. The molecule has 49 heavy (non-hydrogen) atoms. The number of amides is 2. The molecule has 4 N–H and O–H groups in total. The van der Waals surface area contributed by atoms with E-state index in [1.54, 1.807) is 28.8 Å². The molecule has 4 heterocycles. The van der Waals surface area contributed by atoms with Crippen molar-refractivity contribution in [2.75, 3.05) is 24.2 Å². The van der Waals surface area contributed by atoms with E-state index in [4.69, 9.17) is 10.5 Å². The van der Waals surface area contributed by atoms with Gasteiger partial charge in [-0.15, -0.1) is 0 Å². The fourth-order valence-corrected chi connectivity index (χ4v) is 6.40. The number of nitrogens with one attached hydrogen (secondary N) is 2. The van der Waals surface area contributed by atoms with Crippen LogP contribution in [0, 0.1) is 6.92 Å². The number of ether oxygens (including phenoxy) is 1. The van der Waals surface area contributed by atoms with Crippen molar-refractivity contribution in [3.05, 3.63) is 102 Å². The van der Waals surface area contributed by atoms with Gasteiger partial charge in [0.05, 0.1) is 23.9 Å². The molecule has 0 aliphatic carbocycles. The number of rotatable bonds is 10. The molecule has 2 aliphatic heterocycles. The van der Waals surface area contributed by atoms with Crippen molar-refractivity contribution in [2.45, 2.75) is 38.6 Å². The van der Waals surface area contributed by atoms with Crippen LogP contribution < -0.4 is 15.8 Å². The molecule has 248 valence electrons. The molecular weight excluding hydrogens is 618 g/mol. The first-order valence-corrected chi connectivity index (χ1v) is 16.2. The maximum atomic E-state index is 13.1. The standard InChI is InChI=1S/C38H37N7O4/c1-22-13-28-19-40-32-18-34(23(2)14-29(32)38(48)45(28)20-22)49-12-4-5-36(47)42-35-21-44(3)37(43-35)33(46)15-24-6-8-25(9-7-24)31-17-26-16-27(39)10-11-30(26)41-31/h6-11,14,16-19,21,28,41H,1,4-5,12-13,15,20,39H2,2-3H3,(H,42,47)/t28-/m0/s1. The lowest BCUT2D eigenvalue weighted by atomic mass is 10.0. The topological polar surface area (TPSA) is 148 Å². The van der Waals surface area contributed by atoms with Gasteiger partial charge in [-0.1, -0.05) is 36.4 Å². The van der Waals surface area contributed by atoms with Crippen molar-refractivity contribution < 1.29 is 19.1 Å². The van der Waals surface area contributed by atoms with Crippen LogP contribution in [0.3, 0.4) is 0 Å². The van der Waals surface area contributed by atoms with Crippen molar-refractivity contribution in [3.63, 3.8) is 0 Å². The number of aromatic amines is 1. The quantitative estimate of drug-likeness (QED) is 0.0710. The van der Waals surface area contributed by atoms with E-state index >= 15 is 0 Å². The number of H-pyrrole nitrogens is 1. The van der Waals surface area contributed by atoms with Crippen LogP contribution in [0.2, 0.25) is 0 Å². The summed E-state index contributed by atoms with van der Waals surface area (Å²) in [4.78, 5) is 53.2. The summed E-state index contributed by atoms with van der Waals surface area (Å²) in [5.41, 5.74) is 13.5. The number of aliphatic imine (C=N–C) groups is 1. The minimum Gasteiger partial charge on any atom is -0.493 e. The average Bonchev–Trinajstić information content (AvgIpc) is 3.76. The Hall–Kier alpha value is -5.97. The molecule has 0 unspecified atom stereocenters. The molecular formula is C38H37N7O4. The van der Waals surface area contributed by atoms with Crippen LogP contribution in [0.4, 0.5) is 17.2 Å². The average molecular weight is 656 g/mol. The van der Waals surface area contributed by atoms with E-state index in [1.165, 1.54) is 0 Å². The molecule has 0 spiro atoms. The zero-order valence-corrected chi connectivity index (χ0v) is 27.5. The molecule has 11 heteroatoms. The van der Waals surface area contributed by atoms with Crippen molar-refractivity contribution >= 4 is 51.9 Å². The molecule has 2 aromatic heterocycles. The number of nitrogens with two attached hydrogens (primary N) is 1. The van der Waals surface area contributed by atoms with E-state index in [0.717, 1.165) is 45.3 Å². The minimum atomic E-state index is -0.230. The summed E-state index contributed by atoms with van der Waals surface area (Å²) in [6, 6.07) is 19.2. The van der Waals surface area contributed by atoms with Gasteiger partial charge in [0.15, 0.2) is 11.6 Å². The second-order valence-corrected chi connectivity index (χ2v) is 12.8. The number of anilines is 2. The lowest BCUT2D eigenvalue weighted by Gasteiger charge is -2.20. The first kappa shape index (κ1) is 31.6. The first-order chi connectivity index (χ1) is 23.6. The van der Waals surface area contributed by atoms with Crippen LogP contribution in [0.5, 0.6) is 5.75 Å². The number of aryl methyl sites for hydroxylation is 2. The molecule has 7 rings (SSSR count). The Balaban J connectivity index is 0.903. The Kier molecular flexibility index (Phi) is 8.33. The summed E-state index contributed by atoms with van der Waals surface area (Å²) in [6.45, 7) is 6.77. The van der Waals surface area contributed by atoms with Crippen molar-refractivity contribution in [1.82, 2.24) is 19.4 Å². The van der Waals surface area contributed by atoms with Gasteiger partial charge in [0.25, 0.3) is 5.91 Å². The number of hydrogen-bond acceptors (Lipinski definition) is 7. The lowest BCUT2D eigenvalue weighted by Crippen LogP contribution is -2.35. The number of aromatic nitrogens is 3. The summed E-state index contributed by atoms with van der Waals surface area (Å²) in [5, 5.41) is 3.83. The monoisotopic (exact) mass is 655 g/mol. The number of Topliss-reactive ketones (excluding diaryl/α,β-unsaturated/α-hetero) is 1. The van der Waals surface area contributed by atoms with Gasteiger partial charge in [-0.05, 0) is 66.8 Å². The van der Waals surface area contributed by atoms with E-state index in [1.807, 2.05) is 61.7 Å². The van der Waals surface area contributed by atoms with E-state index in [-0.39, 0.29) is 42.3 Å². The zero-order chi connectivity index (χ0) is 34.2. The largest absolute Gasteiger partial charge is 0.493 e. The normalized spacial score (nSPS) is 15.3. The Morgan fingerprint density at radius 3 is 2.76 bits per heavy atom. The molecule has 1 atom stereocenters. The number of ketones is 1. The Bertz CT molecular complexity index is 2160. The van der Waals surface area contributed by atoms with E-state index in [9.17, 15) is 14.4 Å². The van der Waals surface area contributed by atoms with Crippen molar-refractivity contribution in [2.24, 2.45) is 12.0 Å². The molecule has 0 radical (unpaired) electrons. The Morgan fingerprint density at radius 2 is 1.94 bits per heavy atom. The highest BCUT2D eigenvalue weighted by Crippen LogP contribution is 2.35. The lowest BCUT2D eigenvalue weighted by molar-refractivity contribution is -0.116. The fraction of sp³-hybridized carbons (Fsp3) is 0.237. The second kappa shape index (κ2) is 12.9. The Labute approximate surface area is 283 Å². The van der Waals surface area contributed by atoms with E-state index < -0.39 is 0 Å². The van der Waals surface area contributed by atoms with E-state index in [0.29, 0.717) is 48.1 Å². The molecule has 0 bridgehead atoms. The second-order valence-electron chi connectivity index (χ2n) is 12.8. The zero-order valence-electron chi connectivity index (χ0n) is 27.5. The van der Waals surface area contributed by atoms with Gasteiger partial charge in [-0.3, -0.25) is 19.4 Å². The maximum Gasteiger partial charge on any atom is 0.256 e. The highest BCUT2D eigenvalue weighted by molar-refractivity contribution is 6.03. The summed E-state index contributed by atoms with van der Waals surface area (Å²) < 4.78 is 7.61. The smallest absolute Gasteiger partial charge is 0.256 e. The molecule has 2 aliphatic rings. The number of nitrogens with zero attached hydrogens (tertiary/aromatic N) is 4. The van der Waals surface area contributed by atoms with Gasteiger partial charge < -0.3 is 30.2 Å². The van der Waals surface area contributed by atoms with Gasteiger partial charge >= 0.3 is 0 Å². The number of hydrogen-bond donors (Lipinski definition) is 3. The fourth-order valence-electron chi connectivity index (χ4n) is 6.40. The third-order valence-electron chi connectivity index (χ3n) is 8.94. The summed E-state index contributed by atoms with van der Waals surface area (Å²) in [5.74, 6) is 0.775. The van der Waals surface area contributed by atoms with Gasteiger partial charge in [-0.25, -0.2) is 4.98 Å². The van der Waals surface area contributed by atoms with Gasteiger partial charge in [0.1, 0.15) is 5.75 Å². The number of carbonyl (C=O) groups excluding carboxylic acids is 3. The number of fused-ring (bicyclic) bond motifs is 3. The van der Waals surface area contributed by atoms with Crippen LogP contribution in [0.25, 0.3) is 22.2 Å². The highest BCUT2D eigenvalue weighted by Gasteiger charge is 2.33. The number of carbonyl (C=O) groups is 3. The molecule has 0 saturated carbocycles. The maximum absolute atomic E-state index is 13.1. The predicted molar refractivity (Wildman–Crippen MR) is 191 cm³/mol. The molecule has 1 fully saturated rings. The molecule has 5 aromatic rings. The van der Waals surface area contributed by atoms with Gasteiger partial charge in [-0.2, -0.15) is 0 Å². The van der Waals surface area contributed by atoms with Crippen LogP contribution >= 0.6 is 0 Å². The molecule has 11 nitrogen and oxygen atoms in total. The SMILES string of the molecule is C=C1C[C@H]2C=Nc3cc(OCCCC(=O)Nc4cn(C)c(C(=O)Cc5ccc(-c6cc7cc(N)ccc7[nH]6)cc5)n4)c(C)cc3C(=O)N2C1. The number of nitrogen functional groups attached to an aromatic ring is 1. The highest BCUT2D eigenvalue weighted by atomic mass is 16.5. The molecule has 3 aromatic carbocycles. The Morgan fingerprint density at radius 1 is 1.12 bits per heavy atom. The van der Waals surface area contributed by atoms with Crippen molar-refractivity contribution in [1.29, 1.82) is 0 Å². The van der Waals surface area contributed by atoms with Crippen LogP contribution in [0.15, 0.2) is 84.0 Å². The van der Waals surface area contributed by atoms with Crippen LogP contribution in [0.1, 0.15) is 51.4 Å². The minimum absolute atomic E-state index is 0.0512. The van der Waals surface area contributed by atoms with Crippen molar-refractivity contribution in [3.8, 4) is 17.0 Å².